The highest BCUT2D eigenvalue weighted by molar-refractivity contribution is 6.31. The van der Waals surface area contributed by atoms with E-state index < -0.39 is 0 Å². The van der Waals surface area contributed by atoms with Crippen molar-refractivity contribution in [1.82, 2.24) is 20.5 Å². The van der Waals surface area contributed by atoms with E-state index in [2.05, 4.69) is 20.5 Å². The molecule has 1 aliphatic carbocycles. The molecule has 3 atom stereocenters. The summed E-state index contributed by atoms with van der Waals surface area (Å²) in [6.07, 6.45) is 8.20. The Hall–Kier alpha value is -2.48. The molecule has 2 aliphatic heterocycles. The van der Waals surface area contributed by atoms with Crippen molar-refractivity contribution in [3.63, 3.8) is 0 Å². The summed E-state index contributed by atoms with van der Waals surface area (Å²) in [5.74, 6) is 0.961. The first kappa shape index (κ1) is 28.1. The number of rotatable bonds is 8. The topological polar surface area (TPSA) is 77.6 Å². The van der Waals surface area contributed by atoms with Gasteiger partial charge in [-0.3, -0.25) is 19.6 Å². The molecule has 2 aromatic rings. The SMILES string of the molecule is Cc1ccc(N(CCCN2CC3CNCC3[C@H]2C(=O)c2c(C)ccnc2C)C(=O)NC2CCCCC2)cc1Cl. The third-order valence-electron chi connectivity index (χ3n) is 9.00. The number of amides is 2. The van der Waals surface area contributed by atoms with Gasteiger partial charge in [-0.15, -0.1) is 0 Å². The number of anilines is 1. The molecule has 7 nitrogen and oxygen atoms in total. The summed E-state index contributed by atoms with van der Waals surface area (Å²) in [7, 11) is 0. The quantitative estimate of drug-likeness (QED) is 0.435. The number of hydrogen-bond donors (Lipinski definition) is 2. The number of hydrogen-bond acceptors (Lipinski definition) is 5. The maximum Gasteiger partial charge on any atom is 0.322 e. The van der Waals surface area contributed by atoms with Gasteiger partial charge in [0.05, 0.1) is 6.04 Å². The number of aromatic nitrogens is 1. The highest BCUT2D eigenvalue weighted by Crippen LogP contribution is 2.35. The van der Waals surface area contributed by atoms with Crippen LogP contribution in [0.3, 0.4) is 0 Å². The van der Waals surface area contributed by atoms with E-state index in [4.69, 9.17) is 11.6 Å². The van der Waals surface area contributed by atoms with E-state index in [1.807, 2.05) is 49.9 Å². The van der Waals surface area contributed by atoms with Gasteiger partial charge in [-0.1, -0.05) is 36.9 Å². The third-order valence-corrected chi connectivity index (χ3v) is 9.40. The van der Waals surface area contributed by atoms with Gasteiger partial charge in [-0.05, 0) is 87.7 Å². The highest BCUT2D eigenvalue weighted by atomic mass is 35.5. The van der Waals surface area contributed by atoms with E-state index in [1.54, 1.807) is 6.20 Å². The Kier molecular flexibility index (Phi) is 8.89. The van der Waals surface area contributed by atoms with Crippen molar-refractivity contribution in [3.05, 3.63) is 57.9 Å². The minimum atomic E-state index is -0.162. The number of pyridine rings is 1. The zero-order valence-corrected chi connectivity index (χ0v) is 24.3. The van der Waals surface area contributed by atoms with Gasteiger partial charge in [0.1, 0.15) is 0 Å². The number of nitrogens with one attached hydrogen (secondary N) is 2. The van der Waals surface area contributed by atoms with Crippen LogP contribution in [0.2, 0.25) is 5.02 Å². The molecule has 8 heteroatoms. The summed E-state index contributed by atoms with van der Waals surface area (Å²) in [5, 5.41) is 7.45. The number of aryl methyl sites for hydroxylation is 3. The number of carbonyl (C=O) groups excluding carboxylic acids is 2. The summed E-state index contributed by atoms with van der Waals surface area (Å²) in [4.78, 5) is 36.1. The Labute approximate surface area is 237 Å². The maximum absolute atomic E-state index is 14.0. The smallest absolute Gasteiger partial charge is 0.322 e. The fourth-order valence-corrected chi connectivity index (χ4v) is 7.02. The molecule has 2 N–H and O–H groups in total. The second kappa shape index (κ2) is 12.4. The molecule has 2 amide bonds. The van der Waals surface area contributed by atoms with Crippen LogP contribution in [0, 0.1) is 32.6 Å². The summed E-state index contributed by atoms with van der Waals surface area (Å²) >= 11 is 6.47. The molecule has 1 saturated carbocycles. The fraction of sp³-hybridized carbons (Fsp3) is 0.581. The fourth-order valence-electron chi connectivity index (χ4n) is 6.84. The molecule has 3 aliphatic rings. The Bertz CT molecular complexity index is 1180. The molecule has 1 aromatic heterocycles. The minimum absolute atomic E-state index is 0.0569. The number of ketones is 1. The van der Waals surface area contributed by atoms with Crippen molar-refractivity contribution < 1.29 is 9.59 Å². The monoisotopic (exact) mass is 551 g/mol. The number of halogens is 1. The normalized spacial score (nSPS) is 23.5. The summed E-state index contributed by atoms with van der Waals surface area (Å²) in [6, 6.07) is 7.79. The molecule has 39 heavy (non-hydrogen) atoms. The number of likely N-dealkylation sites (tertiary alicyclic amines) is 1. The van der Waals surface area contributed by atoms with Crippen LogP contribution in [-0.2, 0) is 0 Å². The van der Waals surface area contributed by atoms with Crippen LogP contribution in [0.4, 0.5) is 10.5 Å². The van der Waals surface area contributed by atoms with E-state index in [-0.39, 0.29) is 23.9 Å². The summed E-state index contributed by atoms with van der Waals surface area (Å²) in [6.45, 7) is 9.95. The van der Waals surface area contributed by atoms with Gasteiger partial charge in [0.15, 0.2) is 5.78 Å². The predicted octanol–water partition coefficient (Wildman–Crippen LogP) is 5.30. The van der Waals surface area contributed by atoms with Crippen molar-refractivity contribution in [1.29, 1.82) is 0 Å². The molecular weight excluding hydrogens is 510 g/mol. The van der Waals surface area contributed by atoms with Gasteiger partial charge in [0.25, 0.3) is 0 Å². The molecule has 210 valence electrons. The second-order valence-electron chi connectivity index (χ2n) is 11.7. The van der Waals surface area contributed by atoms with Gasteiger partial charge in [0, 0.05) is 60.4 Å². The third kappa shape index (κ3) is 6.16. The Morgan fingerprint density at radius 2 is 1.90 bits per heavy atom. The number of Topliss-reactive ketones (excluding diaryl/α,β-unsaturated/α-hetero) is 1. The number of urea groups is 1. The lowest BCUT2D eigenvalue weighted by atomic mass is 9.87. The first-order valence-electron chi connectivity index (χ1n) is 14.6. The van der Waals surface area contributed by atoms with Crippen molar-refractivity contribution in [2.24, 2.45) is 11.8 Å². The van der Waals surface area contributed by atoms with Gasteiger partial charge in [0.2, 0.25) is 0 Å². The van der Waals surface area contributed by atoms with Crippen molar-refractivity contribution in [2.75, 3.05) is 37.6 Å². The lowest BCUT2D eigenvalue weighted by Gasteiger charge is -2.31. The molecule has 5 rings (SSSR count). The molecule has 0 spiro atoms. The van der Waals surface area contributed by atoms with Gasteiger partial charge >= 0.3 is 6.03 Å². The zero-order chi connectivity index (χ0) is 27.5. The molecule has 3 fully saturated rings. The van der Waals surface area contributed by atoms with E-state index >= 15 is 0 Å². The van der Waals surface area contributed by atoms with E-state index in [9.17, 15) is 9.59 Å². The molecule has 0 radical (unpaired) electrons. The van der Waals surface area contributed by atoms with Gasteiger partial charge in [-0.2, -0.15) is 0 Å². The van der Waals surface area contributed by atoms with Crippen LogP contribution >= 0.6 is 11.6 Å². The maximum atomic E-state index is 14.0. The number of nitrogens with zero attached hydrogens (tertiary/aromatic N) is 3. The standard InChI is InChI=1S/C31H42ClN5O2/c1-20-10-11-25(16-27(20)32)37(31(39)35-24-8-5-4-6-9-24)15-7-14-36-19-23-17-33-18-26(23)29(36)30(38)28-21(2)12-13-34-22(28)3/h10-13,16,23-24,26,29,33H,4-9,14-15,17-19H2,1-3H3,(H,35,39)/t23?,26?,29-/m0/s1. The Morgan fingerprint density at radius 3 is 2.64 bits per heavy atom. The van der Waals surface area contributed by atoms with E-state index in [0.29, 0.717) is 23.4 Å². The average molecular weight is 552 g/mol. The zero-order valence-electron chi connectivity index (χ0n) is 23.5. The Balaban J connectivity index is 1.31. The van der Waals surface area contributed by atoms with Crippen LogP contribution in [0.1, 0.15) is 65.7 Å². The first-order chi connectivity index (χ1) is 18.8. The first-order valence-corrected chi connectivity index (χ1v) is 15.0. The average Bonchev–Trinajstić information content (AvgIpc) is 3.50. The highest BCUT2D eigenvalue weighted by Gasteiger charge is 2.48. The number of benzene rings is 1. The van der Waals surface area contributed by atoms with E-state index in [1.165, 1.54) is 19.3 Å². The van der Waals surface area contributed by atoms with Gasteiger partial charge in [-0.25, -0.2) is 4.79 Å². The molecule has 2 saturated heterocycles. The molecular formula is C31H42ClN5O2. The van der Waals surface area contributed by atoms with Crippen LogP contribution in [-0.4, -0.2) is 66.5 Å². The molecule has 1 aromatic carbocycles. The Morgan fingerprint density at radius 1 is 1.10 bits per heavy atom. The van der Waals surface area contributed by atoms with Gasteiger partial charge < -0.3 is 10.6 Å². The van der Waals surface area contributed by atoms with Crippen molar-refractivity contribution in [2.45, 2.75) is 71.4 Å². The minimum Gasteiger partial charge on any atom is -0.335 e. The largest absolute Gasteiger partial charge is 0.335 e. The van der Waals surface area contributed by atoms with Crippen LogP contribution in [0.25, 0.3) is 0 Å². The molecule has 3 heterocycles. The lowest BCUT2D eigenvalue weighted by Crippen LogP contribution is -2.47. The van der Waals surface area contributed by atoms with Crippen molar-refractivity contribution >= 4 is 29.1 Å². The number of fused-ring (bicyclic) bond motifs is 1. The predicted molar refractivity (Wildman–Crippen MR) is 157 cm³/mol. The van der Waals surface area contributed by atoms with Crippen molar-refractivity contribution in [3.8, 4) is 0 Å². The van der Waals surface area contributed by atoms with E-state index in [0.717, 1.165) is 73.5 Å². The molecule has 0 bridgehead atoms. The second-order valence-corrected chi connectivity index (χ2v) is 12.1. The summed E-state index contributed by atoms with van der Waals surface area (Å²) in [5.41, 5.74) is 4.37. The molecule has 2 unspecified atom stereocenters. The van der Waals surface area contributed by atoms with Crippen LogP contribution < -0.4 is 15.5 Å². The van der Waals surface area contributed by atoms with Crippen LogP contribution in [0.15, 0.2) is 30.5 Å². The van der Waals surface area contributed by atoms with Crippen LogP contribution in [0.5, 0.6) is 0 Å². The summed E-state index contributed by atoms with van der Waals surface area (Å²) < 4.78 is 0. The lowest BCUT2D eigenvalue weighted by molar-refractivity contribution is 0.0830. The number of carbonyl (C=O) groups is 2.